The van der Waals surface area contributed by atoms with E-state index in [0.717, 1.165) is 18.2 Å². The maximum Gasteiger partial charge on any atom is 0.417 e. The summed E-state index contributed by atoms with van der Waals surface area (Å²) in [5, 5.41) is 9.85. The number of anilines is 1. The predicted octanol–water partition coefficient (Wildman–Crippen LogP) is 5.58. The zero-order valence-corrected chi connectivity index (χ0v) is 15.9. The van der Waals surface area contributed by atoms with E-state index < -0.39 is 23.5 Å². The summed E-state index contributed by atoms with van der Waals surface area (Å²) >= 11 is 10.8. The highest BCUT2D eigenvalue weighted by Crippen LogP contribution is 2.36. The van der Waals surface area contributed by atoms with Crippen molar-refractivity contribution < 1.29 is 26.3 Å². The number of halogens is 8. The molecule has 0 amide bonds. The number of aryl methyl sites for hydroxylation is 1. The molecule has 0 radical (unpaired) electrons. The predicted molar refractivity (Wildman–Crippen MR) is 94.8 cm³/mol. The largest absolute Gasteiger partial charge is 0.417 e. The van der Waals surface area contributed by atoms with E-state index in [0.29, 0.717) is 5.82 Å². The van der Waals surface area contributed by atoms with Crippen molar-refractivity contribution >= 4 is 28.9 Å². The maximum absolute atomic E-state index is 12.6. The Kier molecular flexibility index (Phi) is 6.63. The Morgan fingerprint density at radius 3 is 1.83 bits per heavy atom. The minimum absolute atomic E-state index is 0.0479. The molecule has 0 aliphatic carbocycles. The van der Waals surface area contributed by atoms with Crippen LogP contribution in [0.4, 0.5) is 32.0 Å². The van der Waals surface area contributed by atoms with E-state index >= 15 is 0 Å². The van der Waals surface area contributed by atoms with Gasteiger partial charge in [-0.05, 0) is 53.7 Å². The van der Waals surface area contributed by atoms with Crippen LogP contribution >= 0.6 is 23.2 Å². The fourth-order valence-electron chi connectivity index (χ4n) is 2.09. The number of benzene rings is 2. The summed E-state index contributed by atoms with van der Waals surface area (Å²) < 4.78 is 75.3. The molecule has 0 bridgehead atoms. The molecule has 29 heavy (non-hydrogen) atoms. The van der Waals surface area contributed by atoms with Gasteiger partial charge in [0.05, 0.1) is 26.9 Å². The molecule has 3 rings (SSSR count). The third kappa shape index (κ3) is 5.73. The van der Waals surface area contributed by atoms with E-state index in [4.69, 9.17) is 28.9 Å². The quantitative estimate of drug-likeness (QED) is 0.382. The number of rotatable bonds is 1. The molecule has 0 fully saturated rings. The number of hydrogen-bond donors (Lipinski definition) is 1. The summed E-state index contributed by atoms with van der Waals surface area (Å²) in [5.74, 6) is 0.389. The SMILES string of the molecule is Cc1nnnn1-c1ccc(Cl)c(C(F)(F)F)c1.Nc1ccc(Cl)c(C(F)(F)F)c1. The molecule has 1 aromatic heterocycles. The highest BCUT2D eigenvalue weighted by Gasteiger charge is 2.34. The van der Waals surface area contributed by atoms with Crippen molar-refractivity contribution in [2.75, 3.05) is 5.73 Å². The molecule has 2 aromatic carbocycles. The molecule has 0 saturated carbocycles. The zero-order chi connectivity index (χ0) is 22.0. The third-order valence-electron chi connectivity index (χ3n) is 3.42. The topological polar surface area (TPSA) is 69.6 Å². The number of nitrogens with two attached hydrogens (primary N) is 1. The fourth-order valence-corrected chi connectivity index (χ4v) is 2.54. The molecule has 13 heteroatoms. The second-order valence-corrected chi connectivity index (χ2v) is 6.35. The minimum Gasteiger partial charge on any atom is -0.399 e. The third-order valence-corrected chi connectivity index (χ3v) is 4.08. The summed E-state index contributed by atoms with van der Waals surface area (Å²) in [7, 11) is 0. The Balaban J connectivity index is 0.000000221. The molecular formula is C16H11Cl2F6N5. The molecule has 156 valence electrons. The standard InChI is InChI=1S/C9H6ClF3N4.C7H5ClF3N/c1-5-14-15-16-17(5)6-2-3-8(10)7(4-6)9(11,12)13;8-6-2-1-4(12)3-5(6)7(9,10)11/h2-4H,1H3;1-3H,12H2. The number of alkyl halides is 6. The van der Waals surface area contributed by atoms with Gasteiger partial charge in [0.2, 0.25) is 0 Å². The van der Waals surface area contributed by atoms with Crippen LogP contribution in [0.5, 0.6) is 0 Å². The molecule has 0 atom stereocenters. The van der Waals surface area contributed by atoms with E-state index in [1.165, 1.54) is 22.9 Å². The molecule has 3 aromatic rings. The van der Waals surface area contributed by atoms with Gasteiger partial charge >= 0.3 is 12.4 Å². The van der Waals surface area contributed by atoms with Crippen LogP contribution in [0.3, 0.4) is 0 Å². The van der Waals surface area contributed by atoms with Crippen molar-refractivity contribution in [1.29, 1.82) is 0 Å². The number of nitrogen functional groups attached to an aromatic ring is 1. The Hall–Kier alpha value is -2.53. The minimum atomic E-state index is -4.50. The molecule has 0 spiro atoms. The highest BCUT2D eigenvalue weighted by atomic mass is 35.5. The van der Waals surface area contributed by atoms with Crippen molar-refractivity contribution in [1.82, 2.24) is 20.2 Å². The van der Waals surface area contributed by atoms with Gasteiger partial charge in [-0.2, -0.15) is 31.0 Å². The summed E-state index contributed by atoms with van der Waals surface area (Å²) in [6.07, 6.45) is -8.94. The van der Waals surface area contributed by atoms with Gasteiger partial charge < -0.3 is 5.73 Å². The number of nitrogens with zero attached hydrogens (tertiary/aromatic N) is 4. The molecular weight excluding hydrogens is 447 g/mol. The van der Waals surface area contributed by atoms with E-state index in [1.807, 2.05) is 0 Å². The summed E-state index contributed by atoms with van der Waals surface area (Å²) in [6, 6.07) is 6.74. The van der Waals surface area contributed by atoms with Crippen LogP contribution in [0.25, 0.3) is 5.69 Å². The van der Waals surface area contributed by atoms with Crippen molar-refractivity contribution in [3.8, 4) is 5.69 Å². The van der Waals surface area contributed by atoms with Crippen LogP contribution in [0.15, 0.2) is 36.4 Å². The summed E-state index contributed by atoms with van der Waals surface area (Å²) in [5.41, 5.74) is 3.62. The lowest BCUT2D eigenvalue weighted by Gasteiger charge is -2.10. The van der Waals surface area contributed by atoms with Gasteiger partial charge in [-0.25, -0.2) is 0 Å². The van der Waals surface area contributed by atoms with Crippen molar-refractivity contribution in [3.05, 3.63) is 63.4 Å². The van der Waals surface area contributed by atoms with Crippen LogP contribution in [-0.4, -0.2) is 20.2 Å². The first kappa shape index (κ1) is 22.8. The second kappa shape index (κ2) is 8.46. The molecule has 0 saturated heterocycles. The smallest absolute Gasteiger partial charge is 0.399 e. The summed E-state index contributed by atoms with van der Waals surface area (Å²) in [6.45, 7) is 1.59. The Morgan fingerprint density at radius 1 is 0.862 bits per heavy atom. The first-order valence-electron chi connectivity index (χ1n) is 7.55. The van der Waals surface area contributed by atoms with Crippen LogP contribution in [0.2, 0.25) is 10.0 Å². The number of hydrogen-bond acceptors (Lipinski definition) is 4. The van der Waals surface area contributed by atoms with E-state index in [9.17, 15) is 26.3 Å². The number of tetrazole rings is 1. The molecule has 5 nitrogen and oxygen atoms in total. The van der Waals surface area contributed by atoms with Gasteiger partial charge in [-0.3, -0.25) is 0 Å². The van der Waals surface area contributed by atoms with Crippen molar-refractivity contribution in [2.45, 2.75) is 19.3 Å². The Bertz CT molecular complexity index is 1000. The Morgan fingerprint density at radius 2 is 1.38 bits per heavy atom. The van der Waals surface area contributed by atoms with Gasteiger partial charge in [0.25, 0.3) is 0 Å². The first-order chi connectivity index (χ1) is 13.3. The number of aromatic nitrogens is 4. The average Bonchev–Trinajstić information content (AvgIpc) is 3.02. The van der Waals surface area contributed by atoms with Crippen molar-refractivity contribution in [2.24, 2.45) is 0 Å². The Labute approximate surface area is 170 Å². The van der Waals surface area contributed by atoms with E-state index in [1.54, 1.807) is 6.92 Å². The van der Waals surface area contributed by atoms with Crippen LogP contribution < -0.4 is 5.73 Å². The monoisotopic (exact) mass is 457 g/mol. The van der Waals surface area contributed by atoms with Gasteiger partial charge in [0, 0.05) is 5.69 Å². The van der Waals surface area contributed by atoms with Gasteiger partial charge in [0.1, 0.15) is 0 Å². The van der Waals surface area contributed by atoms with Crippen LogP contribution in [-0.2, 0) is 12.4 Å². The lowest BCUT2D eigenvalue weighted by molar-refractivity contribution is -0.138. The van der Waals surface area contributed by atoms with Crippen LogP contribution in [0, 0.1) is 6.92 Å². The molecule has 0 aliphatic rings. The normalized spacial score (nSPS) is 11.8. The van der Waals surface area contributed by atoms with E-state index in [2.05, 4.69) is 15.5 Å². The maximum atomic E-state index is 12.6. The fraction of sp³-hybridized carbons (Fsp3) is 0.188. The second-order valence-electron chi connectivity index (χ2n) is 5.54. The lowest BCUT2D eigenvalue weighted by atomic mass is 10.2. The summed E-state index contributed by atoms with van der Waals surface area (Å²) in [4.78, 5) is 0. The lowest BCUT2D eigenvalue weighted by Crippen LogP contribution is -2.08. The molecule has 0 aliphatic heterocycles. The van der Waals surface area contributed by atoms with Gasteiger partial charge in [-0.15, -0.1) is 5.10 Å². The first-order valence-corrected chi connectivity index (χ1v) is 8.30. The van der Waals surface area contributed by atoms with Crippen LogP contribution in [0.1, 0.15) is 17.0 Å². The van der Waals surface area contributed by atoms with E-state index in [-0.39, 0.29) is 21.4 Å². The highest BCUT2D eigenvalue weighted by molar-refractivity contribution is 6.31. The van der Waals surface area contributed by atoms with Crippen molar-refractivity contribution in [3.63, 3.8) is 0 Å². The molecule has 1 heterocycles. The molecule has 0 unspecified atom stereocenters. The van der Waals surface area contributed by atoms with Gasteiger partial charge in [-0.1, -0.05) is 23.2 Å². The average molecular weight is 458 g/mol. The zero-order valence-electron chi connectivity index (χ0n) is 14.4. The van der Waals surface area contributed by atoms with Gasteiger partial charge in [0.15, 0.2) is 5.82 Å². The molecule has 2 N–H and O–H groups in total.